The monoisotopic (exact) mass is 714 g/mol. The smallest absolute Gasteiger partial charge is 0.325 e. The van der Waals surface area contributed by atoms with Gasteiger partial charge in [0.1, 0.15) is 29.2 Å². The topological polar surface area (TPSA) is 169 Å². The Morgan fingerprint density at radius 3 is 2.08 bits per heavy atom. The number of phenolic OH excluding ortho intramolecular Hbond substituents is 1. The number of hydrogen-bond donors (Lipinski definition) is 3. The van der Waals surface area contributed by atoms with E-state index in [-0.39, 0.29) is 12.2 Å². The van der Waals surface area contributed by atoms with Crippen LogP contribution in [0.25, 0.3) is 0 Å². The first-order chi connectivity index (χ1) is 25.6. The lowest BCUT2D eigenvalue weighted by Crippen LogP contribution is -2.52. The molecule has 3 aliphatic rings. The summed E-state index contributed by atoms with van der Waals surface area (Å²) in [6.45, 7) is 0. The van der Waals surface area contributed by atoms with Crippen molar-refractivity contribution in [3.8, 4) is 17.6 Å². The van der Waals surface area contributed by atoms with Gasteiger partial charge in [0.05, 0.1) is 26.3 Å². The molecule has 0 saturated carbocycles. The summed E-state index contributed by atoms with van der Waals surface area (Å²) in [5.41, 5.74) is 0.959. The molecule has 7 rings (SSSR count). The van der Waals surface area contributed by atoms with E-state index in [0.717, 1.165) is 19.8 Å². The summed E-state index contributed by atoms with van der Waals surface area (Å²) in [5.74, 6) is -1.68. The Labute approximate surface area is 304 Å². The Balaban J connectivity index is 1.46. The molecule has 3 heterocycles. The Bertz CT molecular complexity index is 2150. The van der Waals surface area contributed by atoms with Gasteiger partial charge in [-0.1, -0.05) is 84.6 Å². The largest absolute Gasteiger partial charge is 0.508 e. The molecule has 4 aromatic carbocycles. The number of benzene rings is 4. The number of carboxylic acid groups (broad SMARTS) is 1. The Morgan fingerprint density at radius 2 is 1.47 bits per heavy atom. The number of anilines is 1. The molecule has 268 valence electrons. The van der Waals surface area contributed by atoms with E-state index in [0.29, 0.717) is 27.9 Å². The van der Waals surface area contributed by atoms with Gasteiger partial charge in [0.2, 0.25) is 5.91 Å². The lowest BCUT2D eigenvalue weighted by atomic mass is 9.65. The SMILES string of the molecule is COC(=O)C(CC#Cc1ccc2c(c1)[C@]1(C(=O)N2)[C@H](c2ccc(O)cc2)N2[C@H](c3ccccc3)[C@H](c3ccccc3)OC(=O)[C@H]2[C@@H]1C(=O)O)C(=O)OC. The summed E-state index contributed by atoms with van der Waals surface area (Å²) in [6.07, 6.45) is -1.11. The summed E-state index contributed by atoms with van der Waals surface area (Å²) in [6, 6.07) is 26.1. The highest BCUT2D eigenvalue weighted by molar-refractivity contribution is 6.11. The average molecular weight is 715 g/mol. The summed E-state index contributed by atoms with van der Waals surface area (Å²) in [5, 5.41) is 24.4. The van der Waals surface area contributed by atoms with Crippen LogP contribution in [0, 0.1) is 23.7 Å². The number of carbonyl (C=O) groups excluding carboxylic acids is 4. The molecule has 0 unspecified atom stereocenters. The number of hydrogen-bond acceptors (Lipinski definition) is 10. The molecule has 0 bridgehead atoms. The van der Waals surface area contributed by atoms with Gasteiger partial charge in [0, 0.05) is 17.7 Å². The molecule has 12 heteroatoms. The highest BCUT2D eigenvalue weighted by atomic mass is 16.6. The molecule has 1 spiro atoms. The second-order valence-electron chi connectivity index (χ2n) is 13.0. The van der Waals surface area contributed by atoms with E-state index in [1.165, 1.54) is 12.1 Å². The van der Waals surface area contributed by atoms with E-state index < -0.39 is 71.3 Å². The first-order valence-electron chi connectivity index (χ1n) is 16.8. The van der Waals surface area contributed by atoms with Crippen molar-refractivity contribution in [2.45, 2.75) is 36.1 Å². The lowest BCUT2D eigenvalue weighted by molar-refractivity contribution is -0.179. The van der Waals surface area contributed by atoms with Crippen molar-refractivity contribution in [3.05, 3.63) is 131 Å². The van der Waals surface area contributed by atoms with E-state index in [4.69, 9.17) is 14.2 Å². The number of nitrogens with one attached hydrogen (secondary N) is 1. The minimum atomic E-state index is -1.92. The third-order valence-electron chi connectivity index (χ3n) is 10.3. The maximum absolute atomic E-state index is 14.8. The van der Waals surface area contributed by atoms with Crippen LogP contribution in [0.4, 0.5) is 5.69 Å². The normalized spacial score (nSPS) is 24.3. The van der Waals surface area contributed by atoms with Gasteiger partial charge in [-0.05, 0) is 52.6 Å². The third kappa shape index (κ3) is 5.75. The molecule has 0 aliphatic carbocycles. The average Bonchev–Trinajstić information content (AvgIpc) is 3.65. The van der Waals surface area contributed by atoms with Gasteiger partial charge in [-0.3, -0.25) is 28.9 Å². The fourth-order valence-electron chi connectivity index (χ4n) is 8.11. The Morgan fingerprint density at radius 1 is 0.849 bits per heavy atom. The summed E-state index contributed by atoms with van der Waals surface area (Å²) < 4.78 is 15.7. The van der Waals surface area contributed by atoms with Crippen LogP contribution in [-0.4, -0.2) is 65.2 Å². The van der Waals surface area contributed by atoms with Crippen LogP contribution >= 0.6 is 0 Å². The Hall–Kier alpha value is -6.45. The lowest BCUT2D eigenvalue weighted by Gasteiger charge is -2.46. The van der Waals surface area contributed by atoms with Gasteiger partial charge in [-0.25, -0.2) is 0 Å². The van der Waals surface area contributed by atoms with Crippen molar-refractivity contribution in [1.82, 2.24) is 4.90 Å². The van der Waals surface area contributed by atoms with Crippen molar-refractivity contribution in [2.75, 3.05) is 19.5 Å². The molecule has 2 fully saturated rings. The number of carbonyl (C=O) groups is 5. The molecule has 0 aromatic heterocycles. The van der Waals surface area contributed by atoms with Gasteiger partial charge in [0.25, 0.3) is 0 Å². The zero-order chi connectivity index (χ0) is 37.4. The Kier molecular flexibility index (Phi) is 9.19. The van der Waals surface area contributed by atoms with Crippen LogP contribution < -0.4 is 5.32 Å². The van der Waals surface area contributed by atoms with Crippen molar-refractivity contribution in [1.29, 1.82) is 0 Å². The van der Waals surface area contributed by atoms with Crippen molar-refractivity contribution in [3.63, 3.8) is 0 Å². The van der Waals surface area contributed by atoms with E-state index in [2.05, 4.69) is 17.2 Å². The molecule has 0 radical (unpaired) electrons. The number of carboxylic acids is 1. The maximum Gasteiger partial charge on any atom is 0.325 e. The van der Waals surface area contributed by atoms with E-state index in [9.17, 15) is 34.2 Å². The minimum Gasteiger partial charge on any atom is -0.508 e. The first kappa shape index (κ1) is 35.0. The number of esters is 3. The van der Waals surface area contributed by atoms with Crippen LogP contribution in [-0.2, 0) is 43.6 Å². The van der Waals surface area contributed by atoms with Gasteiger partial charge < -0.3 is 29.7 Å². The zero-order valence-corrected chi connectivity index (χ0v) is 28.6. The molecule has 3 N–H and O–H groups in total. The van der Waals surface area contributed by atoms with Crippen molar-refractivity contribution < 1.29 is 48.4 Å². The van der Waals surface area contributed by atoms with Crippen molar-refractivity contribution in [2.24, 2.45) is 11.8 Å². The quantitative estimate of drug-likeness (QED) is 0.107. The van der Waals surface area contributed by atoms with Crippen molar-refractivity contribution >= 4 is 35.5 Å². The molecular formula is C41H34N2O10. The number of ether oxygens (including phenoxy) is 3. The first-order valence-corrected chi connectivity index (χ1v) is 16.8. The fourth-order valence-corrected chi connectivity index (χ4v) is 8.11. The van der Waals surface area contributed by atoms with Gasteiger partial charge in [-0.15, -0.1) is 0 Å². The number of phenols is 1. The van der Waals surface area contributed by atoms with E-state index in [1.54, 1.807) is 35.2 Å². The molecule has 53 heavy (non-hydrogen) atoms. The fraction of sp³-hybridized carbons (Fsp3) is 0.244. The van der Waals surface area contributed by atoms with E-state index >= 15 is 0 Å². The van der Waals surface area contributed by atoms with Crippen LogP contribution in [0.3, 0.4) is 0 Å². The number of aliphatic carboxylic acids is 1. The summed E-state index contributed by atoms with van der Waals surface area (Å²) in [4.78, 5) is 69.1. The number of rotatable bonds is 7. The third-order valence-corrected chi connectivity index (χ3v) is 10.3. The summed E-state index contributed by atoms with van der Waals surface area (Å²) in [7, 11) is 2.29. The highest BCUT2D eigenvalue weighted by Gasteiger charge is 2.74. The number of amides is 1. The highest BCUT2D eigenvalue weighted by Crippen LogP contribution is 2.64. The van der Waals surface area contributed by atoms with Gasteiger partial charge in [0.15, 0.2) is 5.92 Å². The van der Waals surface area contributed by atoms with Crippen LogP contribution in [0.15, 0.2) is 103 Å². The summed E-state index contributed by atoms with van der Waals surface area (Å²) >= 11 is 0. The molecule has 3 aliphatic heterocycles. The van der Waals surface area contributed by atoms with E-state index in [1.807, 2.05) is 60.7 Å². The molecule has 1 amide bonds. The number of methoxy groups -OCH3 is 2. The molecule has 12 nitrogen and oxygen atoms in total. The molecule has 6 atom stereocenters. The predicted octanol–water partition coefficient (Wildman–Crippen LogP) is 4.45. The minimum absolute atomic E-state index is 0.0435. The number of fused-ring (bicyclic) bond motifs is 3. The number of morpholine rings is 1. The number of nitrogens with zero attached hydrogens (tertiary/aromatic N) is 1. The number of cyclic esters (lactones) is 1. The maximum atomic E-state index is 14.8. The molecular weight excluding hydrogens is 680 g/mol. The van der Waals surface area contributed by atoms with Crippen LogP contribution in [0.5, 0.6) is 5.75 Å². The zero-order valence-electron chi connectivity index (χ0n) is 28.6. The second-order valence-corrected chi connectivity index (χ2v) is 13.0. The van der Waals surface area contributed by atoms with Crippen LogP contribution in [0.1, 0.15) is 52.4 Å². The second kappa shape index (κ2) is 13.9. The van der Waals surface area contributed by atoms with Gasteiger partial charge in [-0.2, -0.15) is 0 Å². The number of aromatic hydroxyl groups is 1. The molecule has 2 saturated heterocycles. The van der Waals surface area contributed by atoms with Gasteiger partial charge >= 0.3 is 23.9 Å². The predicted molar refractivity (Wildman–Crippen MR) is 188 cm³/mol. The molecule has 4 aromatic rings. The standard InChI is InChI=1S/C41H34N2O10/c1-51-37(47)28(38(48)52-2)15-9-10-23-16-21-30-29(22-23)41(40(50)42-30)31(36(45)46)33-39(49)53-34(25-13-7-4-8-14-25)32(24-11-5-3-6-12-24)43(33)35(41)26-17-19-27(44)20-18-26/h3-8,11-14,16-22,28,31-35,44H,15H2,1-2H3,(H,42,50)(H,45,46)/t31-,32-,33-,34+,35+,41-/m1/s1. The van der Waals surface area contributed by atoms with Crippen LogP contribution in [0.2, 0.25) is 0 Å².